The number of nitro groups is 1. The van der Waals surface area contributed by atoms with Crippen LogP contribution in [0.2, 0.25) is 0 Å². The Morgan fingerprint density at radius 3 is 2.00 bits per heavy atom. The predicted molar refractivity (Wildman–Crippen MR) is 90.3 cm³/mol. The summed E-state index contributed by atoms with van der Waals surface area (Å²) in [5, 5.41) is 30.1. The summed E-state index contributed by atoms with van der Waals surface area (Å²) in [6.45, 7) is 4.01. The van der Waals surface area contributed by atoms with Gasteiger partial charge in [0.25, 0.3) is 0 Å². The lowest BCUT2D eigenvalue weighted by Crippen LogP contribution is -1.94. The normalized spacial score (nSPS) is 11.9. The van der Waals surface area contributed by atoms with Crippen LogP contribution in [0.4, 0.5) is 5.69 Å². The van der Waals surface area contributed by atoms with E-state index in [0.29, 0.717) is 6.42 Å². The molecule has 23 heavy (non-hydrogen) atoms. The Bertz CT molecular complexity index is 748. The highest BCUT2D eigenvalue weighted by molar-refractivity contribution is 5.91. The first-order valence-electron chi connectivity index (χ1n) is 7.47. The van der Waals surface area contributed by atoms with Crippen LogP contribution in [0, 0.1) is 10.1 Å². The van der Waals surface area contributed by atoms with Gasteiger partial charge in [-0.2, -0.15) is 0 Å². The molecule has 2 aromatic rings. The summed E-state index contributed by atoms with van der Waals surface area (Å²) in [4.78, 5) is 10.4. The number of phenolic OH excluding ortho intramolecular Hbond substituents is 2. The molecule has 0 aliphatic heterocycles. The maximum atomic E-state index is 11.0. The second kappa shape index (κ2) is 6.96. The maximum absolute atomic E-state index is 11.0. The van der Waals surface area contributed by atoms with Crippen molar-refractivity contribution in [3.05, 3.63) is 63.7 Å². The Hall–Kier alpha value is -2.82. The van der Waals surface area contributed by atoms with E-state index in [0.717, 1.165) is 28.7 Å². The van der Waals surface area contributed by atoms with Gasteiger partial charge in [0, 0.05) is 6.07 Å². The fourth-order valence-electron chi connectivity index (χ4n) is 2.70. The Morgan fingerprint density at radius 2 is 1.48 bits per heavy atom. The third kappa shape index (κ3) is 3.51. The van der Waals surface area contributed by atoms with Crippen LogP contribution in [-0.2, 0) is 0 Å². The summed E-state index contributed by atoms with van der Waals surface area (Å²) in [6, 6.07) is 11.4. The zero-order valence-electron chi connectivity index (χ0n) is 13.1. The van der Waals surface area contributed by atoms with Gasteiger partial charge in [-0.1, -0.05) is 32.0 Å². The first kappa shape index (κ1) is 16.5. The molecule has 2 rings (SSSR count). The SMILES string of the molecule is CCC(=C(CC)c1ccc(O)c([N+](=O)[O-])c1)c1ccc(O)cc1. The second-order valence-electron chi connectivity index (χ2n) is 5.17. The lowest BCUT2D eigenvalue weighted by atomic mass is 9.91. The Labute approximate surface area is 134 Å². The quantitative estimate of drug-likeness (QED) is 0.474. The highest BCUT2D eigenvalue weighted by Crippen LogP contribution is 2.35. The Kier molecular flexibility index (Phi) is 5.01. The van der Waals surface area contributed by atoms with Crippen LogP contribution in [0.1, 0.15) is 37.8 Å². The molecule has 0 spiro atoms. The van der Waals surface area contributed by atoms with Crippen molar-refractivity contribution < 1.29 is 15.1 Å². The van der Waals surface area contributed by atoms with Gasteiger partial charge in [-0.3, -0.25) is 10.1 Å². The number of benzene rings is 2. The Balaban J connectivity index is 2.61. The van der Waals surface area contributed by atoms with Gasteiger partial charge >= 0.3 is 5.69 Å². The van der Waals surface area contributed by atoms with Crippen LogP contribution < -0.4 is 0 Å². The van der Waals surface area contributed by atoms with Gasteiger partial charge in [0.1, 0.15) is 5.75 Å². The minimum Gasteiger partial charge on any atom is -0.508 e. The molecule has 0 unspecified atom stereocenters. The molecule has 0 saturated heterocycles. The van der Waals surface area contributed by atoms with Crippen molar-refractivity contribution in [2.45, 2.75) is 26.7 Å². The van der Waals surface area contributed by atoms with Gasteiger partial charge < -0.3 is 10.2 Å². The van der Waals surface area contributed by atoms with Crippen molar-refractivity contribution in [3.63, 3.8) is 0 Å². The summed E-state index contributed by atoms with van der Waals surface area (Å²) in [5.41, 5.74) is 3.45. The van der Waals surface area contributed by atoms with E-state index in [4.69, 9.17) is 0 Å². The lowest BCUT2D eigenvalue weighted by Gasteiger charge is -2.14. The minimum absolute atomic E-state index is 0.197. The van der Waals surface area contributed by atoms with E-state index in [1.807, 2.05) is 26.0 Å². The summed E-state index contributed by atoms with van der Waals surface area (Å²) >= 11 is 0. The van der Waals surface area contributed by atoms with Crippen LogP contribution in [0.3, 0.4) is 0 Å². The zero-order chi connectivity index (χ0) is 17.0. The fourth-order valence-corrected chi connectivity index (χ4v) is 2.70. The molecule has 0 heterocycles. The average Bonchev–Trinajstić information content (AvgIpc) is 2.54. The second-order valence-corrected chi connectivity index (χ2v) is 5.17. The summed E-state index contributed by atoms with van der Waals surface area (Å²) in [6.07, 6.45) is 1.45. The van der Waals surface area contributed by atoms with Gasteiger partial charge in [0.2, 0.25) is 0 Å². The third-order valence-corrected chi connectivity index (χ3v) is 3.81. The highest BCUT2D eigenvalue weighted by atomic mass is 16.6. The van der Waals surface area contributed by atoms with Gasteiger partial charge in [-0.25, -0.2) is 0 Å². The average molecular weight is 313 g/mol. The number of nitro benzene ring substituents is 1. The minimum atomic E-state index is -0.585. The predicted octanol–water partition coefficient (Wildman–Crippen LogP) is 4.74. The Morgan fingerprint density at radius 1 is 0.957 bits per heavy atom. The van der Waals surface area contributed by atoms with Crippen molar-refractivity contribution in [1.29, 1.82) is 0 Å². The molecule has 0 bridgehead atoms. The number of aromatic hydroxyl groups is 2. The van der Waals surface area contributed by atoms with E-state index in [1.54, 1.807) is 18.2 Å². The van der Waals surface area contributed by atoms with Gasteiger partial charge in [0.15, 0.2) is 5.75 Å². The van der Waals surface area contributed by atoms with Crippen LogP contribution >= 0.6 is 0 Å². The van der Waals surface area contributed by atoms with Crippen molar-refractivity contribution >= 4 is 16.8 Å². The summed E-state index contributed by atoms with van der Waals surface area (Å²) in [5.74, 6) is -0.139. The molecular weight excluding hydrogens is 294 g/mol. The van der Waals surface area contributed by atoms with Crippen LogP contribution in [0.5, 0.6) is 11.5 Å². The monoisotopic (exact) mass is 313 g/mol. The van der Waals surface area contributed by atoms with E-state index in [-0.39, 0.29) is 17.2 Å². The molecule has 2 N–H and O–H groups in total. The third-order valence-electron chi connectivity index (χ3n) is 3.81. The van der Waals surface area contributed by atoms with E-state index >= 15 is 0 Å². The van der Waals surface area contributed by atoms with Gasteiger partial charge in [0.05, 0.1) is 4.92 Å². The number of hydrogen-bond donors (Lipinski definition) is 2. The molecule has 0 aromatic heterocycles. The molecule has 5 nitrogen and oxygen atoms in total. The molecule has 5 heteroatoms. The number of nitrogens with zero attached hydrogens (tertiary/aromatic N) is 1. The lowest BCUT2D eigenvalue weighted by molar-refractivity contribution is -0.385. The largest absolute Gasteiger partial charge is 0.508 e. The molecule has 120 valence electrons. The number of phenols is 2. The van der Waals surface area contributed by atoms with Crippen LogP contribution in [0.15, 0.2) is 42.5 Å². The summed E-state index contributed by atoms with van der Waals surface area (Å²) < 4.78 is 0. The first-order chi connectivity index (χ1) is 11.0. The molecule has 2 aromatic carbocycles. The zero-order valence-corrected chi connectivity index (χ0v) is 13.1. The molecule has 0 aliphatic carbocycles. The summed E-state index contributed by atoms with van der Waals surface area (Å²) in [7, 11) is 0. The molecule has 0 radical (unpaired) electrons. The fraction of sp³-hybridized carbons (Fsp3) is 0.222. The van der Waals surface area contributed by atoms with Crippen molar-refractivity contribution in [3.8, 4) is 11.5 Å². The standard InChI is InChI=1S/C18H19NO4/c1-3-15(12-5-8-14(20)9-6-12)16(4-2)13-7-10-18(21)17(11-13)19(22)23/h5-11,20-21H,3-4H2,1-2H3. The van der Waals surface area contributed by atoms with Crippen molar-refractivity contribution in [2.24, 2.45) is 0 Å². The molecule has 0 aliphatic rings. The van der Waals surface area contributed by atoms with E-state index < -0.39 is 4.92 Å². The number of allylic oxidation sites excluding steroid dienone is 2. The van der Waals surface area contributed by atoms with E-state index in [2.05, 4.69) is 0 Å². The van der Waals surface area contributed by atoms with Crippen LogP contribution in [-0.4, -0.2) is 15.1 Å². The van der Waals surface area contributed by atoms with E-state index in [9.17, 15) is 20.3 Å². The molecule has 0 saturated carbocycles. The molecule has 0 amide bonds. The van der Waals surface area contributed by atoms with Crippen molar-refractivity contribution in [1.82, 2.24) is 0 Å². The van der Waals surface area contributed by atoms with Crippen LogP contribution in [0.25, 0.3) is 11.1 Å². The molecule has 0 fully saturated rings. The molecular formula is C18H19NO4. The number of hydrogen-bond acceptors (Lipinski definition) is 4. The highest BCUT2D eigenvalue weighted by Gasteiger charge is 2.17. The van der Waals surface area contributed by atoms with Crippen molar-refractivity contribution in [2.75, 3.05) is 0 Å². The molecule has 0 atom stereocenters. The van der Waals surface area contributed by atoms with E-state index in [1.165, 1.54) is 12.1 Å². The first-order valence-corrected chi connectivity index (χ1v) is 7.47. The van der Waals surface area contributed by atoms with Gasteiger partial charge in [-0.05, 0) is 53.3 Å². The number of rotatable bonds is 5. The topological polar surface area (TPSA) is 83.6 Å². The van der Waals surface area contributed by atoms with Gasteiger partial charge in [-0.15, -0.1) is 0 Å². The smallest absolute Gasteiger partial charge is 0.311 e. The maximum Gasteiger partial charge on any atom is 0.311 e.